The lowest BCUT2D eigenvalue weighted by molar-refractivity contribution is -0.116. The third kappa shape index (κ3) is 3.38. The molecule has 3 aromatic rings. The molecule has 28 heavy (non-hydrogen) atoms. The smallest absolute Gasteiger partial charge is 0.225 e. The van der Waals surface area contributed by atoms with E-state index < -0.39 is 9.84 Å². The van der Waals surface area contributed by atoms with Crippen molar-refractivity contribution in [3.63, 3.8) is 0 Å². The topological polar surface area (TPSA) is 63.2 Å². The number of anilines is 1. The largest absolute Gasteiger partial charge is 0.324 e. The molecule has 4 nitrogen and oxygen atoms in total. The van der Waals surface area contributed by atoms with Crippen LogP contribution >= 0.6 is 23.1 Å². The number of thioether (sulfide) groups is 1. The Kier molecular flexibility index (Phi) is 5.07. The van der Waals surface area contributed by atoms with E-state index in [1.54, 1.807) is 35.3 Å². The summed E-state index contributed by atoms with van der Waals surface area (Å²) in [6.07, 6.45) is 2.33. The van der Waals surface area contributed by atoms with Crippen LogP contribution in [0.3, 0.4) is 0 Å². The van der Waals surface area contributed by atoms with Crippen LogP contribution in [0.1, 0.15) is 28.3 Å². The molecule has 1 amide bonds. The number of rotatable bonds is 4. The second kappa shape index (κ2) is 7.39. The maximum Gasteiger partial charge on any atom is 0.225 e. The number of hydrogen-bond donors (Lipinski definition) is 1. The minimum absolute atomic E-state index is 0.133. The van der Waals surface area contributed by atoms with E-state index in [4.69, 9.17) is 0 Å². The van der Waals surface area contributed by atoms with E-state index in [1.807, 2.05) is 43.5 Å². The fraction of sp³-hybridized carbons (Fsp3) is 0.190. The number of aryl methyl sites for hydroxylation is 1. The Morgan fingerprint density at radius 1 is 1.14 bits per heavy atom. The second-order valence-corrected chi connectivity index (χ2v) is 10.4. The van der Waals surface area contributed by atoms with Crippen LogP contribution in [0.25, 0.3) is 0 Å². The van der Waals surface area contributed by atoms with Gasteiger partial charge in [-0.2, -0.15) is 0 Å². The Morgan fingerprint density at radius 3 is 2.57 bits per heavy atom. The standard InChI is InChI=1S/C21H19NO3S3/c1-13-4-3-5-16(10-13)28(24,25)18-12-27-21-17(11-19(23)22-20(18)21)14-6-8-15(26-2)9-7-14/h3-10,12,17H,11H2,1-2H3,(H,22,23)/t17-/m1/s1. The van der Waals surface area contributed by atoms with Crippen molar-refractivity contribution >= 4 is 44.5 Å². The monoisotopic (exact) mass is 429 g/mol. The van der Waals surface area contributed by atoms with E-state index in [9.17, 15) is 13.2 Å². The molecule has 0 saturated carbocycles. The molecule has 0 spiro atoms. The van der Waals surface area contributed by atoms with E-state index in [1.165, 1.54) is 11.3 Å². The van der Waals surface area contributed by atoms with Crippen LogP contribution in [0.15, 0.2) is 68.6 Å². The van der Waals surface area contributed by atoms with Gasteiger partial charge in [0.25, 0.3) is 0 Å². The Morgan fingerprint density at radius 2 is 1.89 bits per heavy atom. The van der Waals surface area contributed by atoms with Crippen LogP contribution < -0.4 is 5.32 Å². The zero-order chi connectivity index (χ0) is 19.9. The molecule has 2 aromatic carbocycles. The molecule has 0 radical (unpaired) electrons. The first-order valence-electron chi connectivity index (χ1n) is 8.77. The van der Waals surface area contributed by atoms with E-state index in [0.717, 1.165) is 20.9 Å². The number of thiophene rings is 1. The molecule has 2 heterocycles. The fourth-order valence-corrected chi connectivity index (χ4v) is 6.84. The van der Waals surface area contributed by atoms with Crippen molar-refractivity contribution in [2.45, 2.75) is 33.9 Å². The minimum atomic E-state index is -3.71. The van der Waals surface area contributed by atoms with E-state index in [2.05, 4.69) is 5.32 Å². The summed E-state index contributed by atoms with van der Waals surface area (Å²) in [6, 6.07) is 14.9. The lowest BCUT2D eigenvalue weighted by Crippen LogP contribution is -2.23. The van der Waals surface area contributed by atoms with Crippen LogP contribution in [0, 0.1) is 6.92 Å². The molecule has 1 aliphatic rings. The van der Waals surface area contributed by atoms with Gasteiger partial charge in [-0.25, -0.2) is 8.42 Å². The molecule has 0 bridgehead atoms. The van der Waals surface area contributed by atoms with Gasteiger partial charge in [0, 0.05) is 27.5 Å². The molecule has 0 saturated heterocycles. The highest BCUT2D eigenvalue weighted by Gasteiger charge is 2.34. The van der Waals surface area contributed by atoms with Gasteiger partial charge in [-0.15, -0.1) is 23.1 Å². The predicted octanol–water partition coefficient (Wildman–Crippen LogP) is 5.09. The molecule has 1 N–H and O–H groups in total. The minimum Gasteiger partial charge on any atom is -0.324 e. The van der Waals surface area contributed by atoms with Crippen molar-refractivity contribution in [1.82, 2.24) is 0 Å². The highest BCUT2D eigenvalue weighted by Crippen LogP contribution is 2.46. The normalized spacial score (nSPS) is 16.5. The Bertz CT molecular complexity index is 1150. The van der Waals surface area contributed by atoms with Crippen LogP contribution in [-0.4, -0.2) is 20.6 Å². The molecule has 4 rings (SSSR count). The average Bonchev–Trinajstić information content (AvgIpc) is 3.12. The van der Waals surface area contributed by atoms with E-state index in [-0.39, 0.29) is 21.6 Å². The summed E-state index contributed by atoms with van der Waals surface area (Å²) in [5.74, 6) is -0.295. The lowest BCUT2D eigenvalue weighted by atomic mass is 9.91. The van der Waals surface area contributed by atoms with Gasteiger partial charge < -0.3 is 5.32 Å². The Labute approximate surface area is 172 Å². The summed E-state index contributed by atoms with van der Waals surface area (Å²) in [6.45, 7) is 1.86. The molecule has 1 aromatic heterocycles. The number of benzene rings is 2. The third-order valence-electron chi connectivity index (χ3n) is 4.86. The molecule has 7 heteroatoms. The molecule has 0 unspecified atom stereocenters. The van der Waals surface area contributed by atoms with Crippen molar-refractivity contribution in [2.24, 2.45) is 0 Å². The molecule has 0 fully saturated rings. The second-order valence-electron chi connectivity index (χ2n) is 6.74. The third-order valence-corrected chi connectivity index (χ3v) is 8.63. The number of hydrogen-bond acceptors (Lipinski definition) is 5. The molecular weight excluding hydrogens is 410 g/mol. The van der Waals surface area contributed by atoms with Crippen molar-refractivity contribution < 1.29 is 13.2 Å². The van der Waals surface area contributed by atoms with E-state index in [0.29, 0.717) is 12.1 Å². The molecule has 1 aliphatic heterocycles. The number of amides is 1. The van der Waals surface area contributed by atoms with Gasteiger partial charge in [0.05, 0.1) is 10.6 Å². The first-order valence-corrected chi connectivity index (χ1v) is 12.4. The van der Waals surface area contributed by atoms with Crippen molar-refractivity contribution in [3.05, 3.63) is 69.9 Å². The zero-order valence-corrected chi connectivity index (χ0v) is 17.9. The number of fused-ring (bicyclic) bond motifs is 1. The van der Waals surface area contributed by atoms with Crippen LogP contribution in [0.4, 0.5) is 5.69 Å². The van der Waals surface area contributed by atoms with Crippen molar-refractivity contribution in [3.8, 4) is 0 Å². The predicted molar refractivity (Wildman–Crippen MR) is 114 cm³/mol. The summed E-state index contributed by atoms with van der Waals surface area (Å²) in [7, 11) is -3.71. The number of sulfone groups is 1. The van der Waals surface area contributed by atoms with Gasteiger partial charge in [0.1, 0.15) is 4.90 Å². The van der Waals surface area contributed by atoms with Crippen LogP contribution in [0.2, 0.25) is 0 Å². The maximum atomic E-state index is 13.2. The van der Waals surface area contributed by atoms with Gasteiger partial charge in [0.2, 0.25) is 15.7 Å². The highest BCUT2D eigenvalue weighted by molar-refractivity contribution is 7.98. The van der Waals surface area contributed by atoms with Gasteiger partial charge in [-0.05, 0) is 48.6 Å². The van der Waals surface area contributed by atoms with E-state index >= 15 is 0 Å². The molecule has 144 valence electrons. The molecule has 1 atom stereocenters. The quantitative estimate of drug-likeness (QED) is 0.587. The van der Waals surface area contributed by atoms with Crippen LogP contribution in [0.5, 0.6) is 0 Å². The first kappa shape index (κ1) is 19.2. The Balaban J connectivity index is 1.80. The molecule has 0 aliphatic carbocycles. The fourth-order valence-electron chi connectivity index (χ4n) is 3.42. The summed E-state index contributed by atoms with van der Waals surface area (Å²) >= 11 is 3.05. The summed E-state index contributed by atoms with van der Waals surface area (Å²) in [5, 5.41) is 4.46. The number of nitrogens with one attached hydrogen (secondary N) is 1. The van der Waals surface area contributed by atoms with Gasteiger partial charge in [-0.3, -0.25) is 4.79 Å². The SMILES string of the molecule is CSc1ccc([C@H]2CC(=O)Nc3c(S(=O)(=O)c4cccc(C)c4)csc32)cc1. The number of carbonyl (C=O) groups excluding carboxylic acids is 1. The summed E-state index contributed by atoms with van der Waals surface area (Å²) in [5.41, 5.74) is 2.33. The van der Waals surface area contributed by atoms with Gasteiger partial charge in [-0.1, -0.05) is 24.3 Å². The van der Waals surface area contributed by atoms with Crippen molar-refractivity contribution in [2.75, 3.05) is 11.6 Å². The van der Waals surface area contributed by atoms with Gasteiger partial charge in [0.15, 0.2) is 0 Å². The lowest BCUT2D eigenvalue weighted by Gasteiger charge is -2.24. The summed E-state index contributed by atoms with van der Waals surface area (Å²) in [4.78, 5) is 14.9. The zero-order valence-electron chi connectivity index (χ0n) is 15.4. The van der Waals surface area contributed by atoms with Crippen LogP contribution in [-0.2, 0) is 14.6 Å². The first-order chi connectivity index (χ1) is 13.4. The Hall–Kier alpha value is -2.09. The summed E-state index contributed by atoms with van der Waals surface area (Å²) < 4.78 is 26.4. The van der Waals surface area contributed by atoms with Gasteiger partial charge >= 0.3 is 0 Å². The molecular formula is C21H19NO3S3. The average molecular weight is 430 g/mol. The maximum absolute atomic E-state index is 13.2. The van der Waals surface area contributed by atoms with Crippen molar-refractivity contribution in [1.29, 1.82) is 0 Å². The highest BCUT2D eigenvalue weighted by atomic mass is 32.2. The number of carbonyl (C=O) groups is 1.